The zero-order valence-corrected chi connectivity index (χ0v) is 33.4. The van der Waals surface area contributed by atoms with Crippen LogP contribution in [0.25, 0.3) is 98.8 Å². The van der Waals surface area contributed by atoms with Crippen molar-refractivity contribution >= 4 is 65.2 Å². The summed E-state index contributed by atoms with van der Waals surface area (Å²) in [6.45, 7) is 9.22. The number of benzene rings is 9. The van der Waals surface area contributed by atoms with Crippen LogP contribution < -0.4 is 0 Å². The van der Waals surface area contributed by atoms with Crippen LogP contribution in [0.1, 0.15) is 50.7 Å². The SMILES string of the molecule is CC(C)c1cc(-c2cccc(-n3c4ccccc4c4ccccc43)c2)c2cc3c(-c4cccc(-n5c6ccccc6c6ccccc65)c4)cc(C(C)C)cc3cc2c1. The fraction of sp³-hybridized carbons (Fsp3) is 0.107. The van der Waals surface area contributed by atoms with E-state index in [4.69, 9.17) is 0 Å². The van der Waals surface area contributed by atoms with Gasteiger partial charge in [-0.25, -0.2) is 0 Å². The molecule has 0 saturated carbocycles. The third-order valence-corrected chi connectivity index (χ3v) is 12.4. The lowest BCUT2D eigenvalue weighted by Crippen LogP contribution is -1.97. The van der Waals surface area contributed by atoms with Crippen LogP contribution in [-0.2, 0) is 0 Å². The Morgan fingerprint density at radius 2 is 0.672 bits per heavy atom. The van der Waals surface area contributed by atoms with E-state index in [2.05, 4.69) is 219 Å². The van der Waals surface area contributed by atoms with Crippen LogP contribution >= 0.6 is 0 Å². The number of fused-ring (bicyclic) bond motifs is 8. The third kappa shape index (κ3) is 5.40. The molecule has 2 aromatic heterocycles. The smallest absolute Gasteiger partial charge is 0.0541 e. The highest BCUT2D eigenvalue weighted by Crippen LogP contribution is 2.42. The molecule has 0 N–H and O–H groups in total. The largest absolute Gasteiger partial charge is 0.309 e. The zero-order chi connectivity index (χ0) is 39.1. The summed E-state index contributed by atoms with van der Waals surface area (Å²) in [6.07, 6.45) is 0. The Bertz CT molecular complexity index is 3080. The molecule has 0 saturated heterocycles. The maximum absolute atomic E-state index is 2.48. The van der Waals surface area contributed by atoms with Crippen molar-refractivity contribution in [2.45, 2.75) is 39.5 Å². The molecule has 0 aliphatic heterocycles. The van der Waals surface area contributed by atoms with E-state index in [1.807, 2.05) is 0 Å². The molecule has 0 fully saturated rings. The molecule has 58 heavy (non-hydrogen) atoms. The van der Waals surface area contributed by atoms with Gasteiger partial charge in [0, 0.05) is 32.9 Å². The Balaban J connectivity index is 1.14. The lowest BCUT2D eigenvalue weighted by molar-refractivity contribution is 0.869. The van der Waals surface area contributed by atoms with Gasteiger partial charge in [0.1, 0.15) is 0 Å². The van der Waals surface area contributed by atoms with Gasteiger partial charge in [-0.2, -0.15) is 0 Å². The van der Waals surface area contributed by atoms with Crippen LogP contribution in [0.15, 0.2) is 182 Å². The lowest BCUT2D eigenvalue weighted by Gasteiger charge is -2.18. The Labute approximate surface area is 339 Å². The van der Waals surface area contributed by atoms with E-state index in [9.17, 15) is 0 Å². The Kier molecular flexibility index (Phi) is 7.91. The van der Waals surface area contributed by atoms with Crippen molar-refractivity contribution in [1.29, 1.82) is 0 Å². The first-order valence-electron chi connectivity index (χ1n) is 20.6. The minimum absolute atomic E-state index is 0.389. The van der Waals surface area contributed by atoms with Gasteiger partial charge in [0.25, 0.3) is 0 Å². The first-order chi connectivity index (χ1) is 28.4. The van der Waals surface area contributed by atoms with E-state index in [0.717, 1.165) is 0 Å². The highest BCUT2D eigenvalue weighted by molar-refractivity contribution is 6.12. The molecule has 9 aromatic carbocycles. The van der Waals surface area contributed by atoms with Crippen molar-refractivity contribution in [3.8, 4) is 33.6 Å². The monoisotopic (exact) mass is 744 g/mol. The van der Waals surface area contributed by atoms with Gasteiger partial charge in [-0.1, -0.05) is 149 Å². The average Bonchev–Trinajstić information content (AvgIpc) is 3.78. The van der Waals surface area contributed by atoms with Gasteiger partial charge in [0.15, 0.2) is 0 Å². The van der Waals surface area contributed by atoms with Gasteiger partial charge in [-0.15, -0.1) is 0 Å². The van der Waals surface area contributed by atoms with Crippen molar-refractivity contribution in [2.24, 2.45) is 0 Å². The van der Waals surface area contributed by atoms with Crippen LogP contribution in [0, 0.1) is 0 Å². The van der Waals surface area contributed by atoms with Crippen LogP contribution in [0.5, 0.6) is 0 Å². The summed E-state index contributed by atoms with van der Waals surface area (Å²) in [5.41, 5.74) is 14.9. The topological polar surface area (TPSA) is 9.86 Å². The zero-order valence-electron chi connectivity index (χ0n) is 33.4. The molecule has 2 heterocycles. The number of rotatable bonds is 6. The summed E-state index contributed by atoms with van der Waals surface area (Å²) in [5, 5.41) is 10.2. The van der Waals surface area contributed by atoms with Crippen LogP contribution in [-0.4, -0.2) is 9.13 Å². The molecule has 0 aliphatic rings. The predicted octanol–water partition coefficient (Wildman–Crippen LogP) is 15.8. The summed E-state index contributed by atoms with van der Waals surface area (Å²) in [6, 6.07) is 68.0. The molecule has 0 bridgehead atoms. The third-order valence-electron chi connectivity index (χ3n) is 12.4. The van der Waals surface area contributed by atoms with Gasteiger partial charge in [-0.3, -0.25) is 0 Å². The van der Waals surface area contributed by atoms with E-state index >= 15 is 0 Å². The fourth-order valence-electron chi connectivity index (χ4n) is 9.44. The first kappa shape index (κ1) is 34.4. The predicted molar refractivity (Wildman–Crippen MR) is 249 cm³/mol. The van der Waals surface area contributed by atoms with E-state index in [0.29, 0.717) is 11.8 Å². The van der Waals surface area contributed by atoms with Crippen LogP contribution in [0.2, 0.25) is 0 Å². The Morgan fingerprint density at radius 3 is 1.03 bits per heavy atom. The summed E-state index contributed by atoms with van der Waals surface area (Å²) >= 11 is 0. The summed E-state index contributed by atoms with van der Waals surface area (Å²) in [5.74, 6) is 0.779. The number of hydrogen-bond acceptors (Lipinski definition) is 0. The molecule has 278 valence electrons. The molecule has 0 atom stereocenters. The Morgan fingerprint density at radius 1 is 0.310 bits per heavy atom. The molecule has 0 radical (unpaired) electrons. The summed E-state index contributed by atoms with van der Waals surface area (Å²) < 4.78 is 4.85. The number of nitrogens with zero attached hydrogens (tertiary/aromatic N) is 2. The second-order valence-electron chi connectivity index (χ2n) is 16.6. The maximum atomic E-state index is 2.48. The van der Waals surface area contributed by atoms with E-state index in [1.54, 1.807) is 0 Å². The van der Waals surface area contributed by atoms with Gasteiger partial charge < -0.3 is 9.13 Å². The highest BCUT2D eigenvalue weighted by atomic mass is 15.0. The molecule has 11 rings (SSSR count). The number of hydrogen-bond donors (Lipinski definition) is 0. The second kappa shape index (κ2) is 13.4. The van der Waals surface area contributed by atoms with E-state index in [1.165, 1.54) is 110 Å². The Hall–Kier alpha value is -6.90. The molecule has 0 aliphatic carbocycles. The molecule has 0 unspecified atom stereocenters. The van der Waals surface area contributed by atoms with Gasteiger partial charge in [-0.05, 0) is 127 Å². The minimum Gasteiger partial charge on any atom is -0.309 e. The number of aromatic nitrogens is 2. The number of para-hydroxylation sites is 4. The summed E-state index contributed by atoms with van der Waals surface area (Å²) in [4.78, 5) is 0. The van der Waals surface area contributed by atoms with Crippen LogP contribution in [0.4, 0.5) is 0 Å². The standard InChI is InChI=1S/C56H44N2/c1-35(2)39-27-41-29-42-28-40(36(3)4)33-50(38-16-14-18-44(31-38)58-55-25-11-7-21-47(55)48-22-8-12-26-56(48)58)52(42)34-51(41)49(32-39)37-15-13-17-43(30-37)57-53-23-9-5-19-45(53)46-20-6-10-24-54(46)57/h5-36H,1-4H3. The minimum atomic E-state index is 0.389. The van der Waals surface area contributed by atoms with Crippen molar-refractivity contribution in [3.63, 3.8) is 0 Å². The van der Waals surface area contributed by atoms with Crippen molar-refractivity contribution in [3.05, 3.63) is 193 Å². The lowest BCUT2D eigenvalue weighted by atomic mass is 9.87. The van der Waals surface area contributed by atoms with E-state index < -0.39 is 0 Å². The van der Waals surface area contributed by atoms with Crippen molar-refractivity contribution in [1.82, 2.24) is 9.13 Å². The van der Waals surface area contributed by atoms with Crippen molar-refractivity contribution in [2.75, 3.05) is 0 Å². The normalized spacial score (nSPS) is 12.1. The molecule has 11 aromatic rings. The first-order valence-corrected chi connectivity index (χ1v) is 20.6. The molecule has 2 heteroatoms. The average molecular weight is 745 g/mol. The summed E-state index contributed by atoms with van der Waals surface area (Å²) in [7, 11) is 0. The second-order valence-corrected chi connectivity index (χ2v) is 16.6. The quantitative estimate of drug-likeness (QED) is 0.150. The fourth-order valence-corrected chi connectivity index (χ4v) is 9.44. The molecule has 0 amide bonds. The van der Waals surface area contributed by atoms with Crippen LogP contribution in [0.3, 0.4) is 0 Å². The molecule has 0 spiro atoms. The van der Waals surface area contributed by atoms with Gasteiger partial charge in [0.2, 0.25) is 0 Å². The van der Waals surface area contributed by atoms with Gasteiger partial charge in [0.05, 0.1) is 22.1 Å². The maximum Gasteiger partial charge on any atom is 0.0541 e. The highest BCUT2D eigenvalue weighted by Gasteiger charge is 2.18. The molecular formula is C56H44N2. The van der Waals surface area contributed by atoms with E-state index in [-0.39, 0.29) is 0 Å². The van der Waals surface area contributed by atoms with Gasteiger partial charge >= 0.3 is 0 Å². The van der Waals surface area contributed by atoms with Crippen molar-refractivity contribution < 1.29 is 0 Å². The molecular weight excluding hydrogens is 701 g/mol. The molecule has 2 nitrogen and oxygen atoms in total.